The zero-order valence-corrected chi connectivity index (χ0v) is 24.3. The highest BCUT2D eigenvalue weighted by Crippen LogP contribution is 2.24. The van der Waals surface area contributed by atoms with E-state index in [-0.39, 0.29) is 41.8 Å². The summed E-state index contributed by atoms with van der Waals surface area (Å²) in [5, 5.41) is 11.0. The number of cyclic esters (lactones) is 1. The number of amides is 2. The van der Waals surface area contributed by atoms with Gasteiger partial charge in [0, 0.05) is 55.1 Å². The van der Waals surface area contributed by atoms with E-state index in [0.29, 0.717) is 46.2 Å². The first kappa shape index (κ1) is 29.1. The van der Waals surface area contributed by atoms with Crippen molar-refractivity contribution in [1.82, 2.24) is 29.8 Å². The molecule has 1 saturated heterocycles. The van der Waals surface area contributed by atoms with Gasteiger partial charge in [-0.3, -0.25) is 23.7 Å². The summed E-state index contributed by atoms with van der Waals surface area (Å²) >= 11 is 0. The lowest BCUT2D eigenvalue weighted by Crippen LogP contribution is -2.34. The van der Waals surface area contributed by atoms with Crippen LogP contribution in [0.3, 0.4) is 0 Å². The SMILES string of the molecule is C[C@H](NC(=O)c1c(N)nn2cccnc12)c1cc2cccc(C#CCCNC(=O)[C@H]3CCC(=O)O3)c2c(=O)n1-c1ccccc1. The van der Waals surface area contributed by atoms with Gasteiger partial charge in [-0.05, 0) is 42.6 Å². The Bertz CT molecular complexity index is 2070. The molecule has 6 rings (SSSR count). The average Bonchev–Trinajstić information content (AvgIpc) is 3.63. The van der Waals surface area contributed by atoms with E-state index in [1.54, 1.807) is 36.0 Å². The van der Waals surface area contributed by atoms with Crippen molar-refractivity contribution in [2.75, 3.05) is 12.3 Å². The lowest BCUT2D eigenvalue weighted by molar-refractivity contribution is -0.148. The molecule has 1 fully saturated rings. The van der Waals surface area contributed by atoms with Crippen LogP contribution in [0.5, 0.6) is 0 Å². The highest BCUT2D eigenvalue weighted by Gasteiger charge is 2.29. The Balaban J connectivity index is 1.31. The molecule has 4 heterocycles. The molecule has 5 aromatic rings. The van der Waals surface area contributed by atoms with Gasteiger partial charge in [0.2, 0.25) is 0 Å². The van der Waals surface area contributed by atoms with Gasteiger partial charge >= 0.3 is 5.97 Å². The van der Waals surface area contributed by atoms with Crippen LogP contribution < -0.4 is 21.9 Å². The Morgan fingerprint density at radius 1 is 1.13 bits per heavy atom. The maximum absolute atomic E-state index is 14.2. The van der Waals surface area contributed by atoms with Gasteiger partial charge in [-0.15, -0.1) is 5.10 Å². The van der Waals surface area contributed by atoms with E-state index >= 15 is 0 Å². The smallest absolute Gasteiger partial charge is 0.306 e. The van der Waals surface area contributed by atoms with Gasteiger partial charge in [0.05, 0.1) is 11.4 Å². The van der Waals surface area contributed by atoms with Crippen molar-refractivity contribution in [3.8, 4) is 17.5 Å². The maximum Gasteiger partial charge on any atom is 0.306 e. The number of aromatic nitrogens is 4. The molecule has 2 aromatic carbocycles. The number of fused-ring (bicyclic) bond motifs is 2. The number of nitrogen functional groups attached to an aromatic ring is 1. The summed E-state index contributed by atoms with van der Waals surface area (Å²) < 4.78 is 7.99. The zero-order chi connectivity index (χ0) is 31.5. The first-order chi connectivity index (χ1) is 21.8. The number of hydrogen-bond donors (Lipinski definition) is 3. The van der Waals surface area contributed by atoms with Crippen molar-refractivity contribution in [2.45, 2.75) is 38.3 Å². The van der Waals surface area contributed by atoms with Crippen molar-refractivity contribution in [3.05, 3.63) is 100 Å². The third-order valence-electron chi connectivity index (χ3n) is 7.48. The molecule has 3 aromatic heterocycles. The van der Waals surface area contributed by atoms with Crippen LogP contribution in [0.2, 0.25) is 0 Å². The first-order valence-electron chi connectivity index (χ1n) is 14.4. The highest BCUT2D eigenvalue weighted by molar-refractivity contribution is 6.04. The van der Waals surface area contributed by atoms with Gasteiger partial charge in [0.15, 0.2) is 17.6 Å². The molecule has 0 radical (unpaired) electrons. The van der Waals surface area contributed by atoms with Crippen molar-refractivity contribution < 1.29 is 19.1 Å². The number of nitrogens with zero attached hydrogens (tertiary/aromatic N) is 4. The van der Waals surface area contributed by atoms with Gasteiger partial charge in [-0.25, -0.2) is 9.50 Å². The minimum Gasteiger partial charge on any atom is -0.452 e. The van der Waals surface area contributed by atoms with Crippen LogP contribution in [-0.2, 0) is 14.3 Å². The quantitative estimate of drug-likeness (QED) is 0.145. The average molecular weight is 604 g/mol. The molecule has 12 heteroatoms. The second-order valence-corrected chi connectivity index (χ2v) is 10.5. The Morgan fingerprint density at radius 3 is 2.73 bits per heavy atom. The highest BCUT2D eigenvalue weighted by atomic mass is 16.6. The van der Waals surface area contributed by atoms with E-state index in [4.69, 9.17) is 10.5 Å². The zero-order valence-electron chi connectivity index (χ0n) is 24.3. The van der Waals surface area contributed by atoms with Gasteiger partial charge < -0.3 is 21.1 Å². The number of rotatable bonds is 7. The topological polar surface area (TPSA) is 163 Å². The fraction of sp³-hybridized carbons (Fsp3) is 0.212. The van der Waals surface area contributed by atoms with E-state index in [1.807, 2.05) is 48.5 Å². The lowest BCUT2D eigenvalue weighted by Gasteiger charge is -2.21. The van der Waals surface area contributed by atoms with Crippen LogP contribution in [0.1, 0.15) is 53.8 Å². The number of esters is 1. The largest absolute Gasteiger partial charge is 0.452 e. The van der Waals surface area contributed by atoms with Gasteiger partial charge in [-0.1, -0.05) is 42.2 Å². The number of carbonyl (C=O) groups is 3. The van der Waals surface area contributed by atoms with Gasteiger partial charge in [0.25, 0.3) is 17.4 Å². The predicted molar refractivity (Wildman–Crippen MR) is 166 cm³/mol. The summed E-state index contributed by atoms with van der Waals surface area (Å²) in [4.78, 5) is 55.4. The Morgan fingerprint density at radius 2 is 1.96 bits per heavy atom. The van der Waals surface area contributed by atoms with E-state index in [2.05, 4.69) is 32.6 Å². The summed E-state index contributed by atoms with van der Waals surface area (Å²) in [7, 11) is 0. The standard InChI is InChI=1S/C33H29N7O5/c1-20(37-32(43)28-29(34)38-39-18-8-17-35-30(28)39)24-19-22-11-7-10-21(27(22)33(44)40(24)23-12-3-2-4-13-23)9-5-6-16-36-31(42)25-14-15-26(41)45-25/h2-4,7-8,10-13,17-20,25H,6,14-16H2,1H3,(H2,34,38)(H,36,42)(H,37,43)/t20-,25+/m0/s1. The molecule has 4 N–H and O–H groups in total. The van der Waals surface area contributed by atoms with Gasteiger partial charge in [-0.2, -0.15) is 0 Å². The molecule has 0 spiro atoms. The van der Waals surface area contributed by atoms with Crippen molar-refractivity contribution >= 4 is 40.0 Å². The summed E-state index contributed by atoms with van der Waals surface area (Å²) in [6, 6.07) is 17.5. The summed E-state index contributed by atoms with van der Waals surface area (Å²) in [5.74, 6) is 4.97. The number of nitrogens with one attached hydrogen (secondary N) is 2. The van der Waals surface area contributed by atoms with E-state index in [9.17, 15) is 19.2 Å². The van der Waals surface area contributed by atoms with Crippen LogP contribution in [0.4, 0.5) is 5.82 Å². The molecule has 1 aliphatic rings. The summed E-state index contributed by atoms with van der Waals surface area (Å²) in [5.41, 5.74) is 7.95. The third kappa shape index (κ3) is 5.83. The molecule has 0 bridgehead atoms. The second kappa shape index (κ2) is 12.3. The molecule has 12 nitrogen and oxygen atoms in total. The molecular weight excluding hydrogens is 574 g/mol. The molecular formula is C33H29N7O5. The van der Waals surface area contributed by atoms with Crippen LogP contribution in [0.15, 0.2) is 77.9 Å². The van der Waals surface area contributed by atoms with E-state index in [0.717, 1.165) is 0 Å². The molecule has 0 unspecified atom stereocenters. The molecule has 1 aliphatic heterocycles. The van der Waals surface area contributed by atoms with Crippen molar-refractivity contribution in [3.63, 3.8) is 0 Å². The Hall–Kier alpha value is -5.96. The van der Waals surface area contributed by atoms with E-state index < -0.39 is 18.1 Å². The summed E-state index contributed by atoms with van der Waals surface area (Å²) in [6.07, 6.45) is 3.39. The summed E-state index contributed by atoms with van der Waals surface area (Å²) in [6.45, 7) is 2.06. The minimum absolute atomic E-state index is 0.0436. The fourth-order valence-corrected chi connectivity index (χ4v) is 5.34. The monoisotopic (exact) mass is 603 g/mol. The molecule has 226 valence electrons. The minimum atomic E-state index is -0.755. The number of hydrogen-bond acceptors (Lipinski definition) is 8. The molecule has 2 atom stereocenters. The Labute approximate surface area is 257 Å². The number of para-hydroxylation sites is 1. The van der Waals surface area contributed by atoms with Crippen LogP contribution in [-0.4, -0.2) is 49.6 Å². The molecule has 2 amide bonds. The number of pyridine rings is 1. The molecule has 0 aliphatic carbocycles. The van der Waals surface area contributed by atoms with Crippen LogP contribution >= 0.6 is 0 Å². The lowest BCUT2D eigenvalue weighted by atomic mass is 10.0. The number of benzene rings is 2. The van der Waals surface area contributed by atoms with E-state index in [1.165, 1.54) is 4.52 Å². The number of carbonyl (C=O) groups excluding carboxylic acids is 3. The number of nitrogens with two attached hydrogens (primary N) is 1. The number of anilines is 1. The fourth-order valence-electron chi connectivity index (χ4n) is 5.34. The first-order valence-corrected chi connectivity index (χ1v) is 14.4. The van der Waals surface area contributed by atoms with Crippen molar-refractivity contribution in [2.24, 2.45) is 0 Å². The molecule has 45 heavy (non-hydrogen) atoms. The second-order valence-electron chi connectivity index (χ2n) is 10.5. The van der Waals surface area contributed by atoms with Crippen LogP contribution in [0.25, 0.3) is 22.1 Å². The predicted octanol–water partition coefficient (Wildman–Crippen LogP) is 2.67. The van der Waals surface area contributed by atoms with Crippen LogP contribution in [0, 0.1) is 11.8 Å². The van der Waals surface area contributed by atoms with Gasteiger partial charge in [0.1, 0.15) is 5.56 Å². The maximum atomic E-state index is 14.2. The third-order valence-corrected chi connectivity index (χ3v) is 7.48. The molecule has 0 saturated carbocycles. The normalized spacial score (nSPS) is 14.9. The number of ether oxygens (including phenoxy) is 1. The Kier molecular flexibility index (Phi) is 7.99. The van der Waals surface area contributed by atoms with Crippen molar-refractivity contribution in [1.29, 1.82) is 0 Å².